The van der Waals surface area contributed by atoms with E-state index in [0.717, 1.165) is 18.7 Å². The second kappa shape index (κ2) is 6.26. The van der Waals surface area contributed by atoms with E-state index in [9.17, 15) is 4.79 Å². The molecule has 2 unspecified atom stereocenters. The molecule has 0 spiro atoms. The van der Waals surface area contributed by atoms with Gasteiger partial charge >= 0.3 is 0 Å². The maximum absolute atomic E-state index is 12.6. The molecule has 3 aliphatic heterocycles. The van der Waals surface area contributed by atoms with Crippen molar-refractivity contribution in [1.29, 1.82) is 0 Å². The van der Waals surface area contributed by atoms with Gasteiger partial charge in [0.2, 0.25) is 0 Å². The maximum Gasteiger partial charge on any atom is 0.287 e. The van der Waals surface area contributed by atoms with E-state index in [1.807, 2.05) is 30.3 Å². The van der Waals surface area contributed by atoms with E-state index >= 15 is 0 Å². The summed E-state index contributed by atoms with van der Waals surface area (Å²) in [5, 5.41) is 3.87. The number of hydrogen-bond donors (Lipinski definition) is 1. The maximum atomic E-state index is 12.6. The van der Waals surface area contributed by atoms with E-state index in [1.165, 1.54) is 12.8 Å². The van der Waals surface area contributed by atoms with Crippen molar-refractivity contribution in [3.05, 3.63) is 47.2 Å². The molecule has 24 heavy (non-hydrogen) atoms. The molecule has 5 heteroatoms. The molecule has 1 aromatic carbocycles. The molecule has 2 aromatic rings. The number of amides is 1. The predicted molar refractivity (Wildman–Crippen MR) is 94.2 cm³/mol. The lowest BCUT2D eigenvalue weighted by molar-refractivity contribution is 0.0211. The minimum Gasteiger partial charge on any atom is -0.451 e. The van der Waals surface area contributed by atoms with Gasteiger partial charge < -0.3 is 9.73 Å². The Kier molecular flexibility index (Phi) is 4.10. The smallest absolute Gasteiger partial charge is 0.287 e. The van der Waals surface area contributed by atoms with Gasteiger partial charge in [-0.1, -0.05) is 11.6 Å². The van der Waals surface area contributed by atoms with Crippen molar-refractivity contribution in [3.63, 3.8) is 0 Å². The quantitative estimate of drug-likeness (QED) is 0.920. The van der Waals surface area contributed by atoms with Gasteiger partial charge in [-0.3, -0.25) is 9.69 Å². The van der Waals surface area contributed by atoms with Crippen LogP contribution >= 0.6 is 11.6 Å². The molecule has 3 fully saturated rings. The zero-order valence-corrected chi connectivity index (χ0v) is 14.4. The number of rotatable bonds is 3. The van der Waals surface area contributed by atoms with Crippen molar-refractivity contribution in [1.82, 2.24) is 10.2 Å². The fourth-order valence-corrected chi connectivity index (χ4v) is 4.12. The highest BCUT2D eigenvalue weighted by Crippen LogP contribution is 2.32. The molecule has 0 saturated carbocycles. The summed E-state index contributed by atoms with van der Waals surface area (Å²) < 4.78 is 5.76. The average molecular weight is 345 g/mol. The third-order valence-corrected chi connectivity index (χ3v) is 5.69. The Labute approximate surface area is 146 Å². The first kappa shape index (κ1) is 15.7. The van der Waals surface area contributed by atoms with Crippen LogP contribution in [0.4, 0.5) is 0 Å². The van der Waals surface area contributed by atoms with Crippen LogP contribution in [-0.2, 0) is 0 Å². The topological polar surface area (TPSA) is 45.5 Å². The van der Waals surface area contributed by atoms with Gasteiger partial charge in [-0.15, -0.1) is 0 Å². The summed E-state index contributed by atoms with van der Waals surface area (Å²) in [7, 11) is 0. The molecular weight excluding hydrogens is 324 g/mol. The summed E-state index contributed by atoms with van der Waals surface area (Å²) in [4.78, 5) is 15.1. The minimum absolute atomic E-state index is 0.124. The summed E-state index contributed by atoms with van der Waals surface area (Å²) >= 11 is 5.91. The first-order chi connectivity index (χ1) is 11.6. The zero-order chi connectivity index (χ0) is 16.7. The Morgan fingerprint density at radius 1 is 1.17 bits per heavy atom. The number of furan rings is 1. The van der Waals surface area contributed by atoms with Crippen molar-refractivity contribution < 1.29 is 9.21 Å². The molecular formula is C19H21ClN2O2. The average Bonchev–Trinajstić information content (AvgIpc) is 3.09. The van der Waals surface area contributed by atoms with Gasteiger partial charge in [0, 0.05) is 22.7 Å². The van der Waals surface area contributed by atoms with E-state index in [-0.39, 0.29) is 11.9 Å². The highest BCUT2D eigenvalue weighted by Gasteiger charge is 2.40. The normalized spacial score (nSPS) is 28.8. The number of nitrogens with zero attached hydrogens (tertiary/aromatic N) is 1. The molecule has 3 saturated heterocycles. The zero-order valence-electron chi connectivity index (χ0n) is 13.7. The number of halogens is 1. The van der Waals surface area contributed by atoms with Crippen LogP contribution in [0.1, 0.15) is 30.3 Å². The van der Waals surface area contributed by atoms with Crippen LogP contribution in [0.5, 0.6) is 0 Å². The van der Waals surface area contributed by atoms with Crippen LogP contribution in [0.3, 0.4) is 0 Å². The van der Waals surface area contributed by atoms with E-state index in [1.54, 1.807) is 6.07 Å². The number of carbonyl (C=O) groups excluding carboxylic acids is 1. The second-order valence-electron chi connectivity index (χ2n) is 6.78. The second-order valence-corrected chi connectivity index (χ2v) is 7.22. The molecule has 2 bridgehead atoms. The lowest BCUT2D eigenvalue weighted by atomic mass is 9.79. The Balaban J connectivity index is 1.48. The molecule has 1 amide bonds. The first-order valence-corrected chi connectivity index (χ1v) is 8.90. The molecule has 5 rings (SSSR count). The highest BCUT2D eigenvalue weighted by molar-refractivity contribution is 6.30. The lowest BCUT2D eigenvalue weighted by Crippen LogP contribution is -2.62. The fourth-order valence-electron chi connectivity index (χ4n) is 4.00. The van der Waals surface area contributed by atoms with Crippen molar-refractivity contribution >= 4 is 17.5 Å². The molecule has 4 heterocycles. The number of benzene rings is 1. The van der Waals surface area contributed by atoms with Crippen LogP contribution in [0, 0.1) is 5.92 Å². The number of carbonyl (C=O) groups is 1. The van der Waals surface area contributed by atoms with Crippen LogP contribution < -0.4 is 5.32 Å². The monoisotopic (exact) mass is 344 g/mol. The first-order valence-electron chi connectivity index (χ1n) is 8.52. The molecule has 1 N–H and O–H groups in total. The highest BCUT2D eigenvalue weighted by atomic mass is 35.5. The van der Waals surface area contributed by atoms with Crippen LogP contribution in [0.2, 0.25) is 5.02 Å². The lowest BCUT2D eigenvalue weighted by Gasteiger charge is -2.49. The molecule has 1 aromatic heterocycles. The van der Waals surface area contributed by atoms with Crippen LogP contribution in [-0.4, -0.2) is 36.0 Å². The predicted octanol–water partition coefficient (Wildman–Crippen LogP) is 3.81. The molecule has 0 aliphatic carbocycles. The Hall–Kier alpha value is -1.78. The number of nitrogens with one attached hydrogen (secondary N) is 1. The Morgan fingerprint density at radius 2 is 1.88 bits per heavy atom. The van der Waals surface area contributed by atoms with E-state index in [2.05, 4.69) is 17.1 Å². The van der Waals surface area contributed by atoms with Gasteiger partial charge in [-0.05, 0) is 75.2 Å². The molecule has 126 valence electrons. The summed E-state index contributed by atoms with van der Waals surface area (Å²) in [5.41, 5.74) is 0.912. The SMILES string of the molecule is CC1C(NC(=O)c2ccc(-c3ccc(Cl)cc3)o2)C2CCN1CC2. The van der Waals surface area contributed by atoms with Gasteiger partial charge in [0.25, 0.3) is 5.91 Å². The van der Waals surface area contributed by atoms with Crippen molar-refractivity contribution in [2.45, 2.75) is 31.8 Å². The number of fused-ring (bicyclic) bond motifs is 3. The van der Waals surface area contributed by atoms with Gasteiger partial charge in [0.15, 0.2) is 5.76 Å². The summed E-state index contributed by atoms with van der Waals surface area (Å²) in [6, 6.07) is 11.6. The van der Waals surface area contributed by atoms with Crippen molar-refractivity contribution in [2.24, 2.45) is 5.92 Å². The summed E-state index contributed by atoms with van der Waals surface area (Å²) in [6.45, 7) is 4.51. The van der Waals surface area contributed by atoms with Gasteiger partial charge in [-0.2, -0.15) is 0 Å². The van der Waals surface area contributed by atoms with Crippen LogP contribution in [0.15, 0.2) is 40.8 Å². The fraction of sp³-hybridized carbons (Fsp3) is 0.421. The van der Waals surface area contributed by atoms with E-state index in [0.29, 0.717) is 28.5 Å². The molecule has 3 aliphatic rings. The summed E-state index contributed by atoms with van der Waals surface area (Å²) in [5.74, 6) is 1.50. The van der Waals surface area contributed by atoms with Crippen LogP contribution in [0.25, 0.3) is 11.3 Å². The Morgan fingerprint density at radius 3 is 2.54 bits per heavy atom. The molecule has 0 radical (unpaired) electrons. The van der Waals surface area contributed by atoms with Crippen molar-refractivity contribution in [2.75, 3.05) is 13.1 Å². The number of piperidine rings is 3. The third-order valence-electron chi connectivity index (χ3n) is 5.43. The van der Waals surface area contributed by atoms with Gasteiger partial charge in [0.05, 0.1) is 0 Å². The molecule has 4 nitrogen and oxygen atoms in total. The van der Waals surface area contributed by atoms with E-state index < -0.39 is 0 Å². The van der Waals surface area contributed by atoms with Crippen molar-refractivity contribution in [3.8, 4) is 11.3 Å². The third kappa shape index (κ3) is 2.85. The van der Waals surface area contributed by atoms with Gasteiger partial charge in [-0.25, -0.2) is 0 Å². The molecule has 2 atom stereocenters. The largest absolute Gasteiger partial charge is 0.451 e. The van der Waals surface area contributed by atoms with Gasteiger partial charge in [0.1, 0.15) is 5.76 Å². The van der Waals surface area contributed by atoms with E-state index in [4.69, 9.17) is 16.0 Å². The summed E-state index contributed by atoms with van der Waals surface area (Å²) in [6.07, 6.45) is 2.34. The standard InChI is InChI=1S/C19H21ClN2O2/c1-12-18(14-8-10-22(12)11-9-14)21-19(23)17-7-6-16(24-17)13-2-4-15(20)5-3-13/h2-7,12,14,18H,8-11H2,1H3,(H,21,23). The minimum atomic E-state index is -0.124. The Bertz CT molecular complexity index is 730. The number of hydrogen-bond acceptors (Lipinski definition) is 3.